The lowest BCUT2D eigenvalue weighted by Gasteiger charge is -2.03. The molecule has 2 aromatic heterocycles. The third-order valence-corrected chi connectivity index (χ3v) is 3.16. The number of esters is 1. The Kier molecular flexibility index (Phi) is 2.79. The van der Waals surface area contributed by atoms with E-state index in [4.69, 9.17) is 17.0 Å². The second-order valence-electron chi connectivity index (χ2n) is 4.00. The van der Waals surface area contributed by atoms with Gasteiger partial charge in [0.1, 0.15) is 16.5 Å². The van der Waals surface area contributed by atoms with E-state index >= 15 is 0 Å². The number of imidazole rings is 1. The topological polar surface area (TPSA) is 59.4 Å². The zero-order valence-corrected chi connectivity index (χ0v) is 11.0. The van der Waals surface area contributed by atoms with E-state index in [1.54, 1.807) is 17.7 Å². The summed E-state index contributed by atoms with van der Waals surface area (Å²) in [6, 6.07) is 7.70. The molecule has 0 unspecified atom stereocenters. The highest BCUT2D eigenvalue weighted by Gasteiger charge is 2.17. The maximum absolute atomic E-state index is 11.8. The number of nitrogens with one attached hydrogen (secondary N) is 1. The molecule has 6 heteroatoms. The Bertz CT molecular complexity index is 835. The SMILES string of the molecule is CCOC(=O)c1ncn2c1c(=S)[nH]c1ccccc12. The Hall–Kier alpha value is -2.21. The van der Waals surface area contributed by atoms with Crippen molar-refractivity contribution in [1.82, 2.24) is 14.4 Å². The van der Waals surface area contributed by atoms with Crippen molar-refractivity contribution in [3.05, 3.63) is 40.9 Å². The van der Waals surface area contributed by atoms with E-state index in [9.17, 15) is 4.79 Å². The number of ether oxygens (including phenoxy) is 1. The zero-order chi connectivity index (χ0) is 13.4. The van der Waals surface area contributed by atoms with E-state index in [0.29, 0.717) is 16.8 Å². The fourth-order valence-corrected chi connectivity index (χ4v) is 2.37. The minimum Gasteiger partial charge on any atom is -0.461 e. The van der Waals surface area contributed by atoms with Crippen molar-refractivity contribution < 1.29 is 9.53 Å². The normalized spacial score (nSPS) is 11.0. The number of fused-ring (bicyclic) bond motifs is 3. The maximum Gasteiger partial charge on any atom is 0.359 e. The van der Waals surface area contributed by atoms with Gasteiger partial charge in [-0.05, 0) is 19.1 Å². The fraction of sp³-hybridized carbons (Fsp3) is 0.154. The number of hydrogen-bond acceptors (Lipinski definition) is 4. The van der Waals surface area contributed by atoms with Crippen LogP contribution in [-0.2, 0) is 4.74 Å². The highest BCUT2D eigenvalue weighted by Crippen LogP contribution is 2.18. The molecule has 96 valence electrons. The average Bonchev–Trinajstić information content (AvgIpc) is 2.85. The third-order valence-electron chi connectivity index (χ3n) is 2.86. The van der Waals surface area contributed by atoms with Crippen LogP contribution >= 0.6 is 12.2 Å². The summed E-state index contributed by atoms with van der Waals surface area (Å²) in [6.45, 7) is 2.06. The van der Waals surface area contributed by atoms with Crippen LogP contribution in [0.1, 0.15) is 17.4 Å². The number of rotatable bonds is 2. The number of para-hydroxylation sites is 2. The Morgan fingerprint density at radius 1 is 1.47 bits per heavy atom. The van der Waals surface area contributed by atoms with Gasteiger partial charge in [-0.15, -0.1) is 0 Å². The molecule has 0 radical (unpaired) electrons. The van der Waals surface area contributed by atoms with Crippen LogP contribution in [0.4, 0.5) is 0 Å². The van der Waals surface area contributed by atoms with Crippen LogP contribution in [0.25, 0.3) is 16.6 Å². The van der Waals surface area contributed by atoms with E-state index in [1.165, 1.54) is 0 Å². The smallest absolute Gasteiger partial charge is 0.359 e. The number of aromatic nitrogens is 3. The van der Waals surface area contributed by atoms with Crippen LogP contribution in [0.5, 0.6) is 0 Å². The Balaban J connectivity index is 2.38. The molecule has 1 N–H and O–H groups in total. The molecule has 0 aliphatic rings. The number of nitrogens with zero attached hydrogens (tertiary/aromatic N) is 2. The summed E-state index contributed by atoms with van der Waals surface area (Å²) in [5, 5.41) is 0. The minimum atomic E-state index is -0.459. The van der Waals surface area contributed by atoms with Gasteiger partial charge in [0.15, 0.2) is 5.69 Å². The Labute approximate surface area is 113 Å². The molecule has 0 amide bonds. The van der Waals surface area contributed by atoms with Crippen LogP contribution in [0.3, 0.4) is 0 Å². The van der Waals surface area contributed by atoms with E-state index in [2.05, 4.69) is 9.97 Å². The van der Waals surface area contributed by atoms with Gasteiger partial charge in [0.2, 0.25) is 0 Å². The Morgan fingerprint density at radius 3 is 3.05 bits per heavy atom. The van der Waals surface area contributed by atoms with Crippen LogP contribution in [0.2, 0.25) is 0 Å². The highest BCUT2D eigenvalue weighted by atomic mass is 32.1. The van der Waals surface area contributed by atoms with Crippen molar-refractivity contribution in [2.45, 2.75) is 6.92 Å². The molecule has 3 rings (SSSR count). The summed E-state index contributed by atoms with van der Waals surface area (Å²) >= 11 is 5.30. The number of hydrogen-bond donors (Lipinski definition) is 1. The van der Waals surface area contributed by atoms with Gasteiger partial charge >= 0.3 is 5.97 Å². The van der Waals surface area contributed by atoms with E-state index in [0.717, 1.165) is 11.0 Å². The molecule has 0 saturated carbocycles. The largest absolute Gasteiger partial charge is 0.461 e. The number of carbonyl (C=O) groups is 1. The first-order chi connectivity index (χ1) is 9.22. The average molecular weight is 273 g/mol. The van der Waals surface area contributed by atoms with Gasteiger partial charge in [-0.25, -0.2) is 9.78 Å². The molecule has 0 aliphatic heterocycles. The molecule has 0 aliphatic carbocycles. The van der Waals surface area contributed by atoms with Gasteiger partial charge in [0.05, 0.1) is 17.6 Å². The second-order valence-corrected chi connectivity index (χ2v) is 4.41. The number of carbonyl (C=O) groups excluding carboxylic acids is 1. The van der Waals surface area contributed by atoms with Gasteiger partial charge in [0.25, 0.3) is 0 Å². The van der Waals surface area contributed by atoms with Crippen molar-refractivity contribution in [2.24, 2.45) is 0 Å². The van der Waals surface area contributed by atoms with Gasteiger partial charge in [-0.2, -0.15) is 0 Å². The lowest BCUT2D eigenvalue weighted by molar-refractivity contribution is 0.0522. The molecule has 0 bridgehead atoms. The summed E-state index contributed by atoms with van der Waals surface area (Å²) in [5.41, 5.74) is 2.63. The van der Waals surface area contributed by atoms with Crippen LogP contribution in [-0.4, -0.2) is 26.9 Å². The first kappa shape index (κ1) is 11.9. The van der Waals surface area contributed by atoms with E-state index in [1.807, 2.05) is 24.3 Å². The first-order valence-corrected chi connectivity index (χ1v) is 6.28. The van der Waals surface area contributed by atoms with E-state index in [-0.39, 0.29) is 5.69 Å². The van der Waals surface area contributed by atoms with Crippen LogP contribution in [0, 0.1) is 4.64 Å². The molecule has 1 aromatic carbocycles. The van der Waals surface area contributed by atoms with Crippen LogP contribution < -0.4 is 0 Å². The van der Waals surface area contributed by atoms with Crippen molar-refractivity contribution in [3.63, 3.8) is 0 Å². The minimum absolute atomic E-state index is 0.244. The molecular formula is C13H11N3O2S. The first-order valence-electron chi connectivity index (χ1n) is 5.87. The summed E-state index contributed by atoms with van der Waals surface area (Å²) in [4.78, 5) is 19.1. The lowest BCUT2D eigenvalue weighted by Crippen LogP contribution is -2.06. The second kappa shape index (κ2) is 4.47. The summed E-state index contributed by atoms with van der Waals surface area (Å²) in [7, 11) is 0. The molecule has 5 nitrogen and oxygen atoms in total. The molecular weight excluding hydrogens is 262 g/mol. The quantitative estimate of drug-likeness (QED) is 0.576. The standard InChI is InChI=1S/C13H11N3O2S/c1-2-18-13(17)10-11-12(19)15-8-5-3-4-6-9(8)16(11)7-14-10/h3-7H,2H2,1H3,(H,15,19). The van der Waals surface area contributed by atoms with Gasteiger partial charge in [-0.3, -0.25) is 4.40 Å². The molecule has 0 atom stereocenters. The lowest BCUT2D eigenvalue weighted by atomic mass is 10.3. The number of H-pyrrole nitrogens is 1. The summed E-state index contributed by atoms with van der Waals surface area (Å²) in [5.74, 6) is -0.459. The molecule has 2 heterocycles. The molecule has 19 heavy (non-hydrogen) atoms. The van der Waals surface area contributed by atoms with Crippen molar-refractivity contribution in [1.29, 1.82) is 0 Å². The summed E-state index contributed by atoms with van der Waals surface area (Å²) in [6.07, 6.45) is 1.59. The van der Waals surface area contributed by atoms with Gasteiger partial charge in [-0.1, -0.05) is 24.4 Å². The van der Waals surface area contributed by atoms with Crippen molar-refractivity contribution in [3.8, 4) is 0 Å². The Morgan fingerprint density at radius 2 is 2.26 bits per heavy atom. The predicted octanol–water partition coefficient (Wildman–Crippen LogP) is 2.72. The van der Waals surface area contributed by atoms with Crippen molar-refractivity contribution in [2.75, 3.05) is 6.61 Å². The number of benzene rings is 1. The highest BCUT2D eigenvalue weighted by molar-refractivity contribution is 7.71. The molecule has 0 saturated heterocycles. The zero-order valence-electron chi connectivity index (χ0n) is 10.2. The monoisotopic (exact) mass is 273 g/mol. The van der Waals surface area contributed by atoms with E-state index < -0.39 is 5.97 Å². The van der Waals surface area contributed by atoms with Gasteiger partial charge in [0, 0.05) is 0 Å². The predicted molar refractivity (Wildman–Crippen MR) is 73.8 cm³/mol. The maximum atomic E-state index is 11.8. The molecule has 0 fully saturated rings. The van der Waals surface area contributed by atoms with Crippen molar-refractivity contribution >= 4 is 34.7 Å². The number of aromatic amines is 1. The van der Waals surface area contributed by atoms with Crippen LogP contribution in [0.15, 0.2) is 30.6 Å². The van der Waals surface area contributed by atoms with Gasteiger partial charge < -0.3 is 9.72 Å². The molecule has 0 spiro atoms. The molecule has 3 aromatic rings. The summed E-state index contributed by atoms with van der Waals surface area (Å²) < 4.78 is 7.26. The third kappa shape index (κ3) is 1.80. The fourth-order valence-electron chi connectivity index (χ4n) is 2.07.